The van der Waals surface area contributed by atoms with Crippen molar-refractivity contribution in [3.05, 3.63) is 0 Å². The largest absolute Gasteiger partial charge is 0.480 e. The van der Waals surface area contributed by atoms with E-state index in [1.54, 1.807) is 20.8 Å². The first-order valence-corrected chi connectivity index (χ1v) is 6.94. The Labute approximate surface area is 102 Å². The fourth-order valence-corrected chi connectivity index (χ4v) is 3.17. The van der Waals surface area contributed by atoms with E-state index in [-0.39, 0.29) is 18.8 Å². The molecule has 0 aromatic rings. The zero-order valence-corrected chi connectivity index (χ0v) is 11.5. The SMILES string of the molecule is COCCC(NS(=O)(=O)CC(C)(C)C)C(=O)O. The van der Waals surface area contributed by atoms with Gasteiger partial charge >= 0.3 is 5.97 Å². The topological polar surface area (TPSA) is 92.7 Å². The molecule has 0 saturated heterocycles. The molecule has 0 spiro atoms. The Bertz CT molecular complexity index is 344. The van der Waals surface area contributed by atoms with Crippen molar-refractivity contribution in [1.82, 2.24) is 4.72 Å². The van der Waals surface area contributed by atoms with E-state index in [0.29, 0.717) is 0 Å². The van der Waals surface area contributed by atoms with Gasteiger partial charge in [0.25, 0.3) is 0 Å². The van der Waals surface area contributed by atoms with Gasteiger partial charge in [0.05, 0.1) is 5.75 Å². The lowest BCUT2D eigenvalue weighted by atomic mass is 10.0. The van der Waals surface area contributed by atoms with E-state index in [1.807, 2.05) is 0 Å². The Morgan fingerprint density at radius 2 is 1.94 bits per heavy atom. The summed E-state index contributed by atoms with van der Waals surface area (Å²) in [6, 6.07) is -1.14. The molecule has 6 nitrogen and oxygen atoms in total. The van der Waals surface area contributed by atoms with Crippen LogP contribution >= 0.6 is 0 Å². The van der Waals surface area contributed by atoms with Gasteiger partial charge in [0.1, 0.15) is 6.04 Å². The molecule has 0 bridgehead atoms. The van der Waals surface area contributed by atoms with Crippen molar-refractivity contribution < 1.29 is 23.1 Å². The predicted molar refractivity (Wildman–Crippen MR) is 64.3 cm³/mol. The van der Waals surface area contributed by atoms with Crippen LogP contribution in [0.1, 0.15) is 27.2 Å². The van der Waals surface area contributed by atoms with E-state index in [2.05, 4.69) is 4.72 Å². The molecular weight excluding hydrogens is 246 g/mol. The van der Waals surface area contributed by atoms with E-state index in [9.17, 15) is 13.2 Å². The van der Waals surface area contributed by atoms with Crippen LogP contribution in [-0.4, -0.2) is 45.0 Å². The summed E-state index contributed by atoms with van der Waals surface area (Å²) in [5, 5.41) is 8.88. The summed E-state index contributed by atoms with van der Waals surface area (Å²) < 4.78 is 30.3. The van der Waals surface area contributed by atoms with Crippen LogP contribution in [0.5, 0.6) is 0 Å². The minimum atomic E-state index is -3.60. The van der Waals surface area contributed by atoms with Gasteiger partial charge in [0.15, 0.2) is 0 Å². The first kappa shape index (κ1) is 16.3. The molecule has 0 radical (unpaired) electrons. The first-order chi connectivity index (χ1) is 7.57. The normalized spacial score (nSPS) is 14.6. The minimum Gasteiger partial charge on any atom is -0.480 e. The fourth-order valence-electron chi connectivity index (χ4n) is 1.30. The number of nitrogens with one attached hydrogen (secondary N) is 1. The van der Waals surface area contributed by atoms with Gasteiger partial charge in [-0.1, -0.05) is 20.8 Å². The van der Waals surface area contributed by atoms with Crippen molar-refractivity contribution in [3.8, 4) is 0 Å². The fraction of sp³-hybridized carbons (Fsp3) is 0.900. The zero-order valence-electron chi connectivity index (χ0n) is 10.7. The zero-order chi connectivity index (χ0) is 13.7. The van der Waals surface area contributed by atoms with Crippen LogP contribution < -0.4 is 4.72 Å². The maximum absolute atomic E-state index is 11.7. The molecule has 0 saturated carbocycles. The van der Waals surface area contributed by atoms with Gasteiger partial charge < -0.3 is 9.84 Å². The number of methoxy groups -OCH3 is 1. The summed E-state index contributed by atoms with van der Waals surface area (Å²) in [6.45, 7) is 5.51. The van der Waals surface area contributed by atoms with Gasteiger partial charge in [-0.15, -0.1) is 0 Å². The molecule has 0 aliphatic carbocycles. The maximum Gasteiger partial charge on any atom is 0.321 e. The lowest BCUT2D eigenvalue weighted by molar-refractivity contribution is -0.139. The number of ether oxygens (including phenoxy) is 1. The summed E-state index contributed by atoms with van der Waals surface area (Å²) >= 11 is 0. The highest BCUT2D eigenvalue weighted by atomic mass is 32.2. The average molecular weight is 267 g/mol. The number of carboxylic acids is 1. The number of hydrogen-bond acceptors (Lipinski definition) is 4. The second kappa shape index (κ2) is 6.32. The smallest absolute Gasteiger partial charge is 0.321 e. The van der Waals surface area contributed by atoms with Crippen molar-refractivity contribution in [1.29, 1.82) is 0 Å². The lowest BCUT2D eigenvalue weighted by Gasteiger charge is -2.20. The molecule has 0 aliphatic rings. The summed E-state index contributed by atoms with van der Waals surface area (Å²) in [5.74, 6) is -1.31. The van der Waals surface area contributed by atoms with Crippen molar-refractivity contribution in [2.24, 2.45) is 5.41 Å². The van der Waals surface area contributed by atoms with Gasteiger partial charge in [-0.25, -0.2) is 13.1 Å². The number of hydrogen-bond donors (Lipinski definition) is 2. The summed E-state index contributed by atoms with van der Waals surface area (Å²) in [6.07, 6.45) is 0.106. The van der Waals surface area contributed by atoms with Gasteiger partial charge in [-0.05, 0) is 11.8 Å². The van der Waals surface area contributed by atoms with E-state index in [1.165, 1.54) is 7.11 Å². The predicted octanol–water partition coefficient (Wildman–Crippen LogP) is 0.442. The van der Waals surface area contributed by atoms with Crippen molar-refractivity contribution in [2.75, 3.05) is 19.5 Å². The van der Waals surface area contributed by atoms with E-state index < -0.39 is 27.4 Å². The number of sulfonamides is 1. The molecule has 0 fully saturated rings. The second-order valence-corrected chi connectivity index (χ2v) is 6.86. The summed E-state index contributed by atoms with van der Waals surface area (Å²) in [5.41, 5.74) is -0.420. The number of carbonyl (C=O) groups is 1. The molecule has 0 aliphatic heterocycles. The minimum absolute atomic E-state index is 0.106. The van der Waals surface area contributed by atoms with Gasteiger partial charge in [-0.2, -0.15) is 0 Å². The molecule has 7 heteroatoms. The third-order valence-electron chi connectivity index (χ3n) is 1.85. The number of carboxylic acid groups (broad SMARTS) is 1. The second-order valence-electron chi connectivity index (χ2n) is 5.11. The van der Waals surface area contributed by atoms with Gasteiger partial charge in [0.2, 0.25) is 10.0 Å². The van der Waals surface area contributed by atoms with Crippen LogP contribution in [0.4, 0.5) is 0 Å². The molecular formula is C10H21NO5S. The van der Waals surface area contributed by atoms with Crippen LogP contribution in [0.25, 0.3) is 0 Å². The highest BCUT2D eigenvalue weighted by Crippen LogP contribution is 2.15. The van der Waals surface area contributed by atoms with Gasteiger partial charge in [-0.3, -0.25) is 4.79 Å². The standard InChI is InChI=1S/C10H21NO5S/c1-10(2,3)7-17(14,15)11-8(9(12)13)5-6-16-4/h8,11H,5-7H2,1-4H3,(H,12,13). The molecule has 1 unspecified atom stereocenters. The lowest BCUT2D eigenvalue weighted by Crippen LogP contribution is -2.44. The maximum atomic E-state index is 11.7. The van der Waals surface area contributed by atoms with Crippen LogP contribution in [0.2, 0.25) is 0 Å². The van der Waals surface area contributed by atoms with Crippen LogP contribution in [0.3, 0.4) is 0 Å². The number of aliphatic carboxylic acids is 1. The van der Waals surface area contributed by atoms with Crippen LogP contribution in [0.15, 0.2) is 0 Å². The third kappa shape index (κ3) is 8.12. The van der Waals surface area contributed by atoms with Crippen LogP contribution in [0, 0.1) is 5.41 Å². The number of rotatable bonds is 7. The Kier molecular flexibility index (Phi) is 6.08. The van der Waals surface area contributed by atoms with Crippen molar-refractivity contribution >= 4 is 16.0 Å². The Morgan fingerprint density at radius 3 is 2.29 bits per heavy atom. The Morgan fingerprint density at radius 1 is 1.41 bits per heavy atom. The Hall–Kier alpha value is -0.660. The molecule has 0 aromatic heterocycles. The quantitative estimate of drug-likeness (QED) is 0.698. The molecule has 1 atom stereocenters. The van der Waals surface area contributed by atoms with E-state index >= 15 is 0 Å². The highest BCUT2D eigenvalue weighted by molar-refractivity contribution is 7.89. The molecule has 0 aromatic carbocycles. The summed E-state index contributed by atoms with van der Waals surface area (Å²) in [7, 11) is -2.17. The van der Waals surface area contributed by atoms with Crippen molar-refractivity contribution in [2.45, 2.75) is 33.2 Å². The molecule has 17 heavy (non-hydrogen) atoms. The van der Waals surface area contributed by atoms with E-state index in [0.717, 1.165) is 0 Å². The summed E-state index contributed by atoms with van der Waals surface area (Å²) in [4.78, 5) is 10.9. The van der Waals surface area contributed by atoms with Crippen molar-refractivity contribution in [3.63, 3.8) is 0 Å². The highest BCUT2D eigenvalue weighted by Gasteiger charge is 2.27. The molecule has 2 N–H and O–H groups in total. The molecule has 0 amide bonds. The molecule has 102 valence electrons. The monoisotopic (exact) mass is 267 g/mol. The van der Waals surface area contributed by atoms with Crippen LogP contribution in [-0.2, 0) is 19.6 Å². The Balaban J connectivity index is 4.59. The van der Waals surface area contributed by atoms with Gasteiger partial charge in [0, 0.05) is 13.7 Å². The van der Waals surface area contributed by atoms with E-state index in [4.69, 9.17) is 9.84 Å². The molecule has 0 rings (SSSR count). The molecule has 0 heterocycles. The third-order valence-corrected chi connectivity index (χ3v) is 3.74. The average Bonchev–Trinajstić information content (AvgIpc) is 2.07. The first-order valence-electron chi connectivity index (χ1n) is 5.29.